The molecule has 0 saturated heterocycles. The molecule has 19 heavy (non-hydrogen) atoms. The Labute approximate surface area is 124 Å². The van der Waals surface area contributed by atoms with Crippen LogP contribution in [0.1, 0.15) is 15.6 Å². The molecular weight excluding hydrogens is 292 g/mol. The number of hydrogen-bond acceptors (Lipinski definition) is 5. The maximum atomic E-state index is 4.45. The molecule has 0 aromatic carbocycles. The van der Waals surface area contributed by atoms with Crippen LogP contribution >= 0.6 is 34.0 Å². The second-order valence-corrected chi connectivity index (χ2v) is 7.25. The van der Waals surface area contributed by atoms with Crippen molar-refractivity contribution in [1.82, 2.24) is 10.3 Å². The van der Waals surface area contributed by atoms with Crippen molar-refractivity contribution in [3.8, 4) is 10.4 Å². The monoisotopic (exact) mass is 306 g/mol. The van der Waals surface area contributed by atoms with E-state index >= 15 is 0 Å². The molecule has 0 unspecified atom stereocenters. The number of nitrogens with zero attached hydrogens (tertiary/aromatic N) is 1. The minimum Gasteiger partial charge on any atom is -0.306 e. The highest BCUT2D eigenvalue weighted by atomic mass is 32.1. The van der Waals surface area contributed by atoms with Crippen molar-refractivity contribution in [1.29, 1.82) is 0 Å². The molecule has 0 aliphatic heterocycles. The van der Waals surface area contributed by atoms with Gasteiger partial charge in [0.25, 0.3) is 0 Å². The van der Waals surface area contributed by atoms with Crippen molar-refractivity contribution in [3.63, 3.8) is 0 Å². The van der Waals surface area contributed by atoms with Crippen molar-refractivity contribution < 1.29 is 0 Å². The molecule has 0 aliphatic carbocycles. The molecular formula is C14H14N2S3. The van der Waals surface area contributed by atoms with E-state index in [4.69, 9.17) is 0 Å². The summed E-state index contributed by atoms with van der Waals surface area (Å²) in [5.74, 6) is 0. The van der Waals surface area contributed by atoms with Crippen molar-refractivity contribution >= 4 is 34.0 Å². The first-order valence-corrected chi connectivity index (χ1v) is 8.68. The zero-order chi connectivity index (χ0) is 13.1. The molecule has 0 saturated carbocycles. The molecule has 3 heterocycles. The molecule has 3 aromatic rings. The minimum absolute atomic E-state index is 0.844. The molecule has 0 fully saturated rings. The number of hydrogen-bond donors (Lipinski definition) is 1. The van der Waals surface area contributed by atoms with E-state index in [-0.39, 0.29) is 0 Å². The maximum absolute atomic E-state index is 4.45. The lowest BCUT2D eigenvalue weighted by atomic mass is 10.2. The summed E-state index contributed by atoms with van der Waals surface area (Å²) in [7, 11) is 0. The Bertz CT molecular complexity index is 637. The third-order valence-corrected chi connectivity index (χ3v) is 5.41. The van der Waals surface area contributed by atoms with E-state index < -0.39 is 0 Å². The summed E-state index contributed by atoms with van der Waals surface area (Å²) < 4.78 is 0. The van der Waals surface area contributed by atoms with Crippen molar-refractivity contribution in [2.75, 3.05) is 0 Å². The molecule has 0 aliphatic rings. The Morgan fingerprint density at radius 3 is 2.84 bits per heavy atom. The molecule has 0 spiro atoms. The average molecular weight is 306 g/mol. The van der Waals surface area contributed by atoms with Crippen LogP contribution in [-0.2, 0) is 13.1 Å². The summed E-state index contributed by atoms with van der Waals surface area (Å²) in [5, 5.41) is 11.1. The van der Waals surface area contributed by atoms with Gasteiger partial charge in [0, 0.05) is 33.8 Å². The fourth-order valence-corrected chi connectivity index (χ4v) is 4.10. The van der Waals surface area contributed by atoms with Crippen LogP contribution in [0.15, 0.2) is 34.3 Å². The molecule has 5 heteroatoms. The molecule has 2 nitrogen and oxygen atoms in total. The van der Waals surface area contributed by atoms with Crippen LogP contribution in [0.3, 0.4) is 0 Å². The number of aryl methyl sites for hydroxylation is 1. The summed E-state index contributed by atoms with van der Waals surface area (Å²) in [6, 6.07) is 6.54. The van der Waals surface area contributed by atoms with Crippen LogP contribution in [0.2, 0.25) is 0 Å². The van der Waals surface area contributed by atoms with E-state index in [2.05, 4.69) is 44.6 Å². The first-order chi connectivity index (χ1) is 9.31. The predicted octanol–water partition coefficient (Wildman–Crippen LogP) is 4.53. The van der Waals surface area contributed by atoms with Crippen LogP contribution in [0.25, 0.3) is 10.4 Å². The Kier molecular flexibility index (Phi) is 4.08. The van der Waals surface area contributed by atoms with Gasteiger partial charge < -0.3 is 5.32 Å². The Morgan fingerprint density at radius 2 is 2.11 bits per heavy atom. The Morgan fingerprint density at radius 1 is 1.16 bits per heavy atom. The summed E-state index contributed by atoms with van der Waals surface area (Å²) in [4.78, 5) is 7.16. The van der Waals surface area contributed by atoms with Crippen LogP contribution < -0.4 is 5.32 Å². The van der Waals surface area contributed by atoms with Crippen molar-refractivity contribution in [2.45, 2.75) is 20.0 Å². The molecule has 0 radical (unpaired) electrons. The van der Waals surface area contributed by atoms with Gasteiger partial charge in [-0.3, -0.25) is 0 Å². The normalized spacial score (nSPS) is 11.0. The summed E-state index contributed by atoms with van der Waals surface area (Å²) in [6.07, 6.45) is 0. The zero-order valence-electron chi connectivity index (χ0n) is 10.6. The third kappa shape index (κ3) is 3.30. The molecule has 98 valence electrons. The zero-order valence-corrected chi connectivity index (χ0v) is 13.0. The fraction of sp³-hybridized carbons (Fsp3) is 0.214. The van der Waals surface area contributed by atoms with Gasteiger partial charge in [-0.1, -0.05) is 6.07 Å². The first kappa shape index (κ1) is 13.0. The van der Waals surface area contributed by atoms with Gasteiger partial charge >= 0.3 is 0 Å². The number of aromatic nitrogens is 1. The number of thiazole rings is 1. The van der Waals surface area contributed by atoms with E-state index in [1.165, 1.54) is 15.3 Å². The van der Waals surface area contributed by atoms with Crippen LogP contribution in [0, 0.1) is 6.92 Å². The second kappa shape index (κ2) is 5.96. The van der Waals surface area contributed by atoms with Gasteiger partial charge in [0.1, 0.15) is 0 Å². The number of thiophene rings is 2. The molecule has 0 bridgehead atoms. The summed E-state index contributed by atoms with van der Waals surface area (Å²) in [6.45, 7) is 3.80. The highest BCUT2D eigenvalue weighted by molar-refractivity contribution is 7.14. The first-order valence-electron chi connectivity index (χ1n) is 6.04. The van der Waals surface area contributed by atoms with Crippen LogP contribution in [-0.4, -0.2) is 4.98 Å². The standard InChI is InChI=1S/C14H14N2S3/c1-10-16-12(9-18-10)6-15-7-13-5-11(8-19-13)14-3-2-4-17-14/h2-5,8-9,15H,6-7H2,1H3. The van der Waals surface area contributed by atoms with E-state index in [9.17, 15) is 0 Å². The lowest BCUT2D eigenvalue weighted by Crippen LogP contribution is -2.11. The molecule has 0 atom stereocenters. The van der Waals surface area contributed by atoms with Crippen LogP contribution in [0.4, 0.5) is 0 Å². The maximum Gasteiger partial charge on any atom is 0.0897 e. The van der Waals surface area contributed by atoms with Gasteiger partial charge in [-0.05, 0) is 29.8 Å². The van der Waals surface area contributed by atoms with Crippen molar-refractivity contribution in [2.24, 2.45) is 0 Å². The van der Waals surface area contributed by atoms with Gasteiger partial charge in [0.05, 0.1) is 10.7 Å². The highest BCUT2D eigenvalue weighted by Crippen LogP contribution is 2.29. The summed E-state index contributed by atoms with van der Waals surface area (Å²) in [5.41, 5.74) is 2.47. The topological polar surface area (TPSA) is 24.9 Å². The largest absolute Gasteiger partial charge is 0.306 e. The fourth-order valence-electron chi connectivity index (χ4n) is 1.85. The summed E-state index contributed by atoms with van der Waals surface area (Å²) >= 11 is 5.31. The third-order valence-electron chi connectivity index (χ3n) is 2.73. The van der Waals surface area contributed by atoms with Gasteiger partial charge in [0.2, 0.25) is 0 Å². The van der Waals surface area contributed by atoms with Gasteiger partial charge in [0.15, 0.2) is 0 Å². The number of rotatable bonds is 5. The van der Waals surface area contributed by atoms with Gasteiger partial charge in [-0.15, -0.1) is 34.0 Å². The van der Waals surface area contributed by atoms with Crippen LogP contribution in [0.5, 0.6) is 0 Å². The van der Waals surface area contributed by atoms with Gasteiger partial charge in [-0.25, -0.2) is 4.98 Å². The predicted molar refractivity (Wildman–Crippen MR) is 85.0 cm³/mol. The molecule has 3 rings (SSSR count). The van der Waals surface area contributed by atoms with E-state index in [0.29, 0.717) is 0 Å². The van der Waals surface area contributed by atoms with E-state index in [0.717, 1.165) is 23.8 Å². The highest BCUT2D eigenvalue weighted by Gasteiger charge is 2.04. The quantitative estimate of drug-likeness (QED) is 0.749. The Balaban J connectivity index is 1.56. The molecule has 1 N–H and O–H groups in total. The minimum atomic E-state index is 0.844. The van der Waals surface area contributed by atoms with Crippen molar-refractivity contribution in [3.05, 3.63) is 49.9 Å². The smallest absolute Gasteiger partial charge is 0.0897 e. The number of nitrogens with one attached hydrogen (secondary N) is 1. The Hall–Kier alpha value is -1.01. The second-order valence-electron chi connectivity index (χ2n) is 4.24. The SMILES string of the molecule is Cc1nc(CNCc2cc(-c3cccs3)cs2)cs1. The van der Waals surface area contributed by atoms with E-state index in [1.807, 2.05) is 18.3 Å². The van der Waals surface area contributed by atoms with Gasteiger partial charge in [-0.2, -0.15) is 0 Å². The molecule has 3 aromatic heterocycles. The molecule has 0 amide bonds. The lowest BCUT2D eigenvalue weighted by Gasteiger charge is -1.99. The lowest BCUT2D eigenvalue weighted by molar-refractivity contribution is 0.689. The average Bonchev–Trinajstić information content (AvgIpc) is 3.09. The van der Waals surface area contributed by atoms with E-state index in [1.54, 1.807) is 22.7 Å².